The zero-order valence-corrected chi connectivity index (χ0v) is 15.4. The molecule has 0 aromatic heterocycles. The number of hydrogen-bond acceptors (Lipinski definition) is 5. The molecule has 8 nitrogen and oxygen atoms in total. The van der Waals surface area contributed by atoms with Crippen LogP contribution in [0.4, 0.5) is 0 Å². The molecule has 10 heteroatoms. The van der Waals surface area contributed by atoms with Gasteiger partial charge in [-0.25, -0.2) is 21.1 Å². The van der Waals surface area contributed by atoms with Crippen molar-refractivity contribution in [3.63, 3.8) is 0 Å². The van der Waals surface area contributed by atoms with Crippen LogP contribution in [0.3, 0.4) is 0 Å². The van der Waals surface area contributed by atoms with Crippen LogP contribution in [-0.4, -0.2) is 52.4 Å². The Bertz CT molecular complexity index is 787. The van der Waals surface area contributed by atoms with Gasteiger partial charge in [-0.1, -0.05) is 25.8 Å². The maximum Gasteiger partial charge on any atom is 0.321 e. The Kier molecular flexibility index (Phi) is 6.90. The van der Waals surface area contributed by atoms with E-state index in [9.17, 15) is 21.6 Å². The van der Waals surface area contributed by atoms with Gasteiger partial charge in [-0.05, 0) is 24.6 Å². The third-order valence-electron chi connectivity index (χ3n) is 3.34. The first-order valence-electron chi connectivity index (χ1n) is 7.30. The quantitative estimate of drug-likeness (QED) is 0.657. The summed E-state index contributed by atoms with van der Waals surface area (Å²) >= 11 is 0. The molecule has 0 heterocycles. The fraction of sp³-hybridized carbons (Fsp3) is 0.500. The summed E-state index contributed by atoms with van der Waals surface area (Å²) in [5.41, 5.74) is 0. The molecule has 0 spiro atoms. The van der Waals surface area contributed by atoms with Crippen LogP contribution in [0.2, 0.25) is 0 Å². The van der Waals surface area contributed by atoms with Crippen LogP contribution < -0.4 is 4.72 Å². The normalized spacial score (nSPS) is 13.8. The number of nitrogens with one attached hydrogen (secondary N) is 1. The summed E-state index contributed by atoms with van der Waals surface area (Å²) < 4.78 is 52.0. The van der Waals surface area contributed by atoms with Crippen molar-refractivity contribution in [3.8, 4) is 0 Å². The van der Waals surface area contributed by atoms with Crippen LogP contribution in [0, 0.1) is 0 Å². The predicted octanol–water partition coefficient (Wildman–Crippen LogP) is 0.859. The highest BCUT2D eigenvalue weighted by Gasteiger charge is 2.26. The van der Waals surface area contributed by atoms with E-state index < -0.39 is 32.1 Å². The lowest BCUT2D eigenvalue weighted by atomic mass is 10.1. The average molecular weight is 378 g/mol. The van der Waals surface area contributed by atoms with Crippen molar-refractivity contribution in [2.75, 3.05) is 14.1 Å². The smallest absolute Gasteiger partial charge is 0.321 e. The van der Waals surface area contributed by atoms with Crippen molar-refractivity contribution in [1.29, 1.82) is 0 Å². The van der Waals surface area contributed by atoms with Crippen molar-refractivity contribution in [1.82, 2.24) is 9.03 Å². The number of nitrogens with zero attached hydrogens (tertiary/aromatic N) is 1. The minimum Gasteiger partial charge on any atom is -0.480 e. The van der Waals surface area contributed by atoms with E-state index >= 15 is 0 Å². The van der Waals surface area contributed by atoms with Gasteiger partial charge in [0, 0.05) is 14.1 Å². The minimum absolute atomic E-state index is 0.154. The summed E-state index contributed by atoms with van der Waals surface area (Å²) in [4.78, 5) is 10.7. The number of benzene rings is 1. The molecule has 24 heavy (non-hydrogen) atoms. The molecule has 2 N–H and O–H groups in total. The summed E-state index contributed by atoms with van der Waals surface area (Å²) in [5, 5.41) is 9.14. The number of carboxylic acid groups (broad SMARTS) is 1. The molecule has 0 bridgehead atoms. The van der Waals surface area contributed by atoms with Gasteiger partial charge in [-0.2, -0.15) is 4.72 Å². The van der Waals surface area contributed by atoms with Gasteiger partial charge in [-0.15, -0.1) is 0 Å². The molecule has 0 saturated heterocycles. The number of carbonyl (C=O) groups is 1. The molecule has 0 amide bonds. The second kappa shape index (κ2) is 8.06. The van der Waals surface area contributed by atoms with Crippen molar-refractivity contribution >= 4 is 26.0 Å². The molecule has 0 aliphatic heterocycles. The van der Waals surface area contributed by atoms with E-state index in [0.29, 0.717) is 6.42 Å². The lowest BCUT2D eigenvalue weighted by molar-refractivity contribution is -0.139. The number of aliphatic carboxylic acids is 1. The van der Waals surface area contributed by atoms with Crippen molar-refractivity contribution in [2.24, 2.45) is 0 Å². The highest BCUT2D eigenvalue weighted by atomic mass is 32.2. The van der Waals surface area contributed by atoms with E-state index in [1.54, 1.807) is 0 Å². The second-order valence-electron chi connectivity index (χ2n) is 5.42. The largest absolute Gasteiger partial charge is 0.480 e. The molecule has 1 unspecified atom stereocenters. The molecule has 1 aromatic carbocycles. The van der Waals surface area contributed by atoms with Crippen LogP contribution >= 0.6 is 0 Å². The maximum absolute atomic E-state index is 12.4. The number of hydrogen-bond donors (Lipinski definition) is 2. The van der Waals surface area contributed by atoms with Crippen molar-refractivity contribution in [2.45, 2.75) is 42.0 Å². The molecule has 136 valence electrons. The topological polar surface area (TPSA) is 121 Å². The van der Waals surface area contributed by atoms with Crippen molar-refractivity contribution < 1.29 is 26.7 Å². The SMILES string of the molecule is CCCCC(NS(=O)(=O)c1cccc(S(=O)(=O)N(C)C)c1)C(=O)O. The number of carboxylic acids is 1. The molecule has 0 saturated carbocycles. The van der Waals surface area contributed by atoms with Gasteiger partial charge >= 0.3 is 5.97 Å². The molecule has 1 atom stereocenters. The van der Waals surface area contributed by atoms with E-state index in [1.165, 1.54) is 32.3 Å². The van der Waals surface area contributed by atoms with Gasteiger partial charge in [0.15, 0.2) is 0 Å². The highest BCUT2D eigenvalue weighted by molar-refractivity contribution is 7.90. The molecule has 1 rings (SSSR count). The summed E-state index contributed by atoms with van der Waals surface area (Å²) in [7, 11) is -5.28. The standard InChI is InChI=1S/C14H22N2O6S2/c1-4-5-9-13(14(17)18)15-23(19,20)11-7-6-8-12(10-11)24(21,22)16(2)3/h6-8,10,13,15H,4-5,9H2,1-3H3,(H,17,18). The summed E-state index contributed by atoms with van der Waals surface area (Å²) in [6, 6.07) is 3.54. The molecular weight excluding hydrogens is 356 g/mol. The Morgan fingerprint density at radius 3 is 2.29 bits per heavy atom. The Morgan fingerprint density at radius 2 is 1.79 bits per heavy atom. The van der Waals surface area contributed by atoms with Crippen LogP contribution in [0.1, 0.15) is 26.2 Å². The molecule has 0 aliphatic rings. The molecule has 0 radical (unpaired) electrons. The van der Waals surface area contributed by atoms with Gasteiger partial charge < -0.3 is 5.11 Å². The minimum atomic E-state index is -4.16. The first kappa shape index (κ1) is 20.6. The van der Waals surface area contributed by atoms with Crippen LogP contribution in [-0.2, 0) is 24.8 Å². The Balaban J connectivity index is 3.18. The third kappa shape index (κ3) is 5.00. The molecule has 0 fully saturated rings. The van der Waals surface area contributed by atoms with E-state index in [4.69, 9.17) is 5.11 Å². The zero-order chi connectivity index (χ0) is 18.5. The van der Waals surface area contributed by atoms with Gasteiger partial charge in [0.1, 0.15) is 6.04 Å². The van der Waals surface area contributed by atoms with Crippen LogP contribution in [0.25, 0.3) is 0 Å². The van der Waals surface area contributed by atoms with Crippen LogP contribution in [0.15, 0.2) is 34.1 Å². The Hall–Kier alpha value is -1.49. The van der Waals surface area contributed by atoms with Gasteiger partial charge in [0.2, 0.25) is 20.0 Å². The number of rotatable bonds is 9. The van der Waals surface area contributed by atoms with Gasteiger partial charge in [-0.3, -0.25) is 4.79 Å². The fourth-order valence-electron chi connectivity index (χ4n) is 1.91. The lowest BCUT2D eigenvalue weighted by Gasteiger charge is -2.16. The summed E-state index contributed by atoms with van der Waals surface area (Å²) in [6.07, 6.45) is 1.43. The van der Waals surface area contributed by atoms with Crippen molar-refractivity contribution in [3.05, 3.63) is 24.3 Å². The third-order valence-corrected chi connectivity index (χ3v) is 6.62. The second-order valence-corrected chi connectivity index (χ2v) is 9.28. The van der Waals surface area contributed by atoms with Crippen LogP contribution in [0.5, 0.6) is 0 Å². The fourth-order valence-corrected chi connectivity index (χ4v) is 4.20. The number of unbranched alkanes of at least 4 members (excludes halogenated alkanes) is 1. The Morgan fingerprint density at radius 1 is 1.21 bits per heavy atom. The van der Waals surface area contributed by atoms with E-state index in [2.05, 4.69) is 4.72 Å². The van der Waals surface area contributed by atoms with Gasteiger partial charge in [0.05, 0.1) is 9.79 Å². The predicted molar refractivity (Wildman–Crippen MR) is 88.6 cm³/mol. The Labute approximate surface area is 142 Å². The lowest BCUT2D eigenvalue weighted by Crippen LogP contribution is -2.40. The molecular formula is C14H22N2O6S2. The first-order valence-corrected chi connectivity index (χ1v) is 10.2. The zero-order valence-electron chi connectivity index (χ0n) is 13.8. The molecule has 1 aromatic rings. The molecule has 0 aliphatic carbocycles. The highest BCUT2D eigenvalue weighted by Crippen LogP contribution is 2.18. The summed E-state index contributed by atoms with van der Waals surface area (Å²) in [5.74, 6) is -1.27. The average Bonchev–Trinajstić information content (AvgIpc) is 2.51. The van der Waals surface area contributed by atoms with E-state index in [0.717, 1.165) is 16.8 Å². The van der Waals surface area contributed by atoms with E-state index in [-0.39, 0.29) is 16.2 Å². The number of sulfonamides is 2. The summed E-state index contributed by atoms with van der Waals surface area (Å²) in [6.45, 7) is 1.86. The van der Waals surface area contributed by atoms with E-state index in [1.807, 2.05) is 6.92 Å². The maximum atomic E-state index is 12.4. The van der Waals surface area contributed by atoms with Gasteiger partial charge in [0.25, 0.3) is 0 Å². The monoisotopic (exact) mass is 378 g/mol. The first-order chi connectivity index (χ1) is 11.0.